The minimum Gasteiger partial charge on any atom is -0.469 e. The lowest BCUT2D eigenvalue weighted by molar-refractivity contribution is -0.143. The minimum atomic E-state index is -0.312. The van der Waals surface area contributed by atoms with Gasteiger partial charge in [0.1, 0.15) is 0 Å². The zero-order valence-electron chi connectivity index (χ0n) is 15.2. The maximum absolute atomic E-state index is 12.3. The van der Waals surface area contributed by atoms with Crippen LogP contribution < -0.4 is 0 Å². The quantitative estimate of drug-likeness (QED) is 0.501. The Labute approximate surface area is 150 Å². The molecule has 132 valence electrons. The fraction of sp³-hybridized carbons (Fsp3) is 0.364. The second kappa shape index (κ2) is 8.61. The fourth-order valence-corrected chi connectivity index (χ4v) is 3.04. The van der Waals surface area contributed by atoms with Crippen molar-refractivity contribution >= 4 is 11.8 Å². The van der Waals surface area contributed by atoms with Crippen LogP contribution in [0.3, 0.4) is 0 Å². The summed E-state index contributed by atoms with van der Waals surface area (Å²) in [6.45, 7) is 4.20. The average molecular weight is 338 g/mol. The molecule has 3 heteroatoms. The summed E-state index contributed by atoms with van der Waals surface area (Å²) in [4.78, 5) is 24.6. The third-order valence-corrected chi connectivity index (χ3v) is 4.57. The fourth-order valence-electron chi connectivity index (χ4n) is 3.04. The molecule has 2 aromatic rings. The van der Waals surface area contributed by atoms with Gasteiger partial charge in [-0.2, -0.15) is 0 Å². The molecule has 0 spiro atoms. The number of ketones is 1. The molecule has 1 atom stereocenters. The van der Waals surface area contributed by atoms with Crippen molar-refractivity contribution in [2.45, 2.75) is 39.0 Å². The number of methoxy groups -OCH3 is 1. The van der Waals surface area contributed by atoms with Gasteiger partial charge in [-0.3, -0.25) is 9.59 Å². The lowest BCUT2D eigenvalue weighted by Gasteiger charge is -2.28. The Morgan fingerprint density at radius 1 is 0.960 bits per heavy atom. The Morgan fingerprint density at radius 3 is 2.08 bits per heavy atom. The van der Waals surface area contributed by atoms with E-state index in [0.29, 0.717) is 12.8 Å². The van der Waals surface area contributed by atoms with Crippen LogP contribution in [-0.4, -0.2) is 18.9 Å². The molecule has 0 fully saturated rings. The summed E-state index contributed by atoms with van der Waals surface area (Å²) in [5, 5.41) is 0. The highest BCUT2D eigenvalue weighted by atomic mass is 16.5. The van der Waals surface area contributed by atoms with Gasteiger partial charge in [0, 0.05) is 12.0 Å². The van der Waals surface area contributed by atoms with Crippen molar-refractivity contribution < 1.29 is 14.3 Å². The van der Waals surface area contributed by atoms with Crippen LogP contribution in [-0.2, 0) is 9.53 Å². The molecule has 0 saturated heterocycles. The van der Waals surface area contributed by atoms with Crippen LogP contribution in [0.1, 0.15) is 54.9 Å². The molecule has 3 nitrogen and oxygen atoms in total. The zero-order chi connectivity index (χ0) is 18.3. The molecule has 0 bridgehead atoms. The van der Waals surface area contributed by atoms with Crippen molar-refractivity contribution in [1.82, 2.24) is 0 Å². The van der Waals surface area contributed by atoms with Gasteiger partial charge >= 0.3 is 5.97 Å². The van der Waals surface area contributed by atoms with E-state index < -0.39 is 0 Å². The second-order valence-electron chi connectivity index (χ2n) is 7.14. The molecular formula is C22H26O3. The summed E-state index contributed by atoms with van der Waals surface area (Å²) in [5.41, 5.74) is 1.54. The van der Waals surface area contributed by atoms with Crippen molar-refractivity contribution in [3.8, 4) is 0 Å². The van der Waals surface area contributed by atoms with E-state index in [1.165, 1.54) is 7.11 Å². The standard InChI is InChI=1S/C22H26O3/c1-22(2,15-14-20(23)18-12-8-5-9-13-18)16-19(21(24)25-3)17-10-6-4-7-11-17/h4-13,19H,14-16H2,1-3H3. The topological polar surface area (TPSA) is 43.4 Å². The Kier molecular flexibility index (Phi) is 6.51. The van der Waals surface area contributed by atoms with Crippen molar-refractivity contribution in [2.24, 2.45) is 5.41 Å². The second-order valence-corrected chi connectivity index (χ2v) is 7.14. The van der Waals surface area contributed by atoms with Gasteiger partial charge in [0.25, 0.3) is 0 Å². The molecule has 0 N–H and O–H groups in total. The van der Waals surface area contributed by atoms with Crippen molar-refractivity contribution in [2.75, 3.05) is 7.11 Å². The van der Waals surface area contributed by atoms with Crippen LogP contribution in [0.2, 0.25) is 0 Å². The first-order valence-electron chi connectivity index (χ1n) is 8.64. The molecule has 0 radical (unpaired) electrons. The van der Waals surface area contributed by atoms with E-state index >= 15 is 0 Å². The molecule has 0 aromatic heterocycles. The molecule has 0 aliphatic rings. The maximum Gasteiger partial charge on any atom is 0.313 e. The third-order valence-electron chi connectivity index (χ3n) is 4.57. The highest BCUT2D eigenvalue weighted by molar-refractivity contribution is 5.96. The van der Waals surface area contributed by atoms with E-state index in [9.17, 15) is 9.59 Å². The number of carbonyl (C=O) groups excluding carboxylic acids is 2. The predicted octanol–water partition coefficient (Wildman–Crippen LogP) is 5.02. The van der Waals surface area contributed by atoms with Gasteiger partial charge in [0.05, 0.1) is 13.0 Å². The first-order chi connectivity index (χ1) is 11.9. The van der Waals surface area contributed by atoms with E-state index in [1.54, 1.807) is 0 Å². The van der Waals surface area contributed by atoms with E-state index in [2.05, 4.69) is 13.8 Å². The Balaban J connectivity index is 2.04. The number of rotatable bonds is 8. The lowest BCUT2D eigenvalue weighted by Crippen LogP contribution is -2.23. The smallest absolute Gasteiger partial charge is 0.313 e. The minimum absolute atomic E-state index is 0.142. The predicted molar refractivity (Wildman–Crippen MR) is 99.6 cm³/mol. The van der Waals surface area contributed by atoms with E-state index in [-0.39, 0.29) is 23.1 Å². The van der Waals surface area contributed by atoms with Crippen LogP contribution in [0, 0.1) is 5.41 Å². The molecular weight excluding hydrogens is 312 g/mol. The summed E-state index contributed by atoms with van der Waals surface area (Å²) in [7, 11) is 1.42. The first kappa shape index (κ1) is 18.9. The molecule has 0 amide bonds. The highest BCUT2D eigenvalue weighted by Crippen LogP contribution is 2.36. The lowest BCUT2D eigenvalue weighted by atomic mass is 9.76. The van der Waals surface area contributed by atoms with Gasteiger partial charge < -0.3 is 4.74 Å². The Morgan fingerprint density at radius 2 is 1.52 bits per heavy atom. The first-order valence-corrected chi connectivity index (χ1v) is 8.64. The largest absolute Gasteiger partial charge is 0.469 e. The monoisotopic (exact) mass is 338 g/mol. The van der Waals surface area contributed by atoms with Crippen molar-refractivity contribution in [1.29, 1.82) is 0 Å². The molecule has 25 heavy (non-hydrogen) atoms. The summed E-state index contributed by atoms with van der Waals surface area (Å²) in [6.07, 6.45) is 1.84. The van der Waals surface area contributed by atoms with Crippen LogP contribution in [0.5, 0.6) is 0 Å². The molecule has 0 heterocycles. The average Bonchev–Trinajstić information content (AvgIpc) is 2.65. The molecule has 2 rings (SSSR count). The number of hydrogen-bond acceptors (Lipinski definition) is 3. The molecule has 0 saturated carbocycles. The van der Waals surface area contributed by atoms with Gasteiger partial charge in [-0.25, -0.2) is 0 Å². The van der Waals surface area contributed by atoms with Crippen molar-refractivity contribution in [3.05, 3.63) is 71.8 Å². The zero-order valence-corrected chi connectivity index (χ0v) is 15.2. The van der Waals surface area contributed by atoms with E-state index in [0.717, 1.165) is 17.5 Å². The van der Waals surface area contributed by atoms with Gasteiger partial charge in [-0.15, -0.1) is 0 Å². The van der Waals surface area contributed by atoms with Crippen LogP contribution in [0.25, 0.3) is 0 Å². The maximum atomic E-state index is 12.3. The Hall–Kier alpha value is -2.42. The SMILES string of the molecule is COC(=O)C(CC(C)(C)CCC(=O)c1ccccc1)c1ccccc1. The summed E-state index contributed by atoms with van der Waals surface area (Å²) < 4.78 is 5.00. The van der Waals surface area contributed by atoms with Crippen LogP contribution >= 0.6 is 0 Å². The Bertz CT molecular complexity index is 690. The number of hydrogen-bond donors (Lipinski definition) is 0. The van der Waals surface area contributed by atoms with Crippen molar-refractivity contribution in [3.63, 3.8) is 0 Å². The number of carbonyl (C=O) groups is 2. The molecule has 2 aromatic carbocycles. The molecule has 0 aliphatic heterocycles. The number of ether oxygens (including phenoxy) is 1. The summed E-state index contributed by atoms with van der Waals surface area (Å²) >= 11 is 0. The summed E-state index contributed by atoms with van der Waals surface area (Å²) in [6, 6.07) is 19.0. The normalized spacial score (nSPS) is 12.4. The van der Waals surface area contributed by atoms with Crippen LogP contribution in [0.4, 0.5) is 0 Å². The highest BCUT2D eigenvalue weighted by Gasteiger charge is 2.30. The third kappa shape index (κ3) is 5.56. The van der Waals surface area contributed by atoms with Gasteiger partial charge in [-0.1, -0.05) is 74.5 Å². The van der Waals surface area contributed by atoms with Gasteiger partial charge in [0.2, 0.25) is 0 Å². The van der Waals surface area contributed by atoms with Crippen LogP contribution in [0.15, 0.2) is 60.7 Å². The number of benzene rings is 2. The molecule has 0 aliphatic carbocycles. The number of Topliss-reactive ketones (excluding diaryl/α,β-unsaturated/α-hetero) is 1. The van der Waals surface area contributed by atoms with Gasteiger partial charge in [-0.05, 0) is 23.8 Å². The summed E-state index contributed by atoms with van der Waals surface area (Å²) in [5.74, 6) is -0.398. The van der Waals surface area contributed by atoms with E-state index in [4.69, 9.17) is 4.74 Å². The number of esters is 1. The van der Waals surface area contributed by atoms with Gasteiger partial charge in [0.15, 0.2) is 5.78 Å². The molecule has 1 unspecified atom stereocenters. The van der Waals surface area contributed by atoms with E-state index in [1.807, 2.05) is 60.7 Å².